The minimum Gasteiger partial charge on any atom is -0.497 e. The van der Waals surface area contributed by atoms with Crippen molar-refractivity contribution in [3.63, 3.8) is 0 Å². The zero-order valence-electron chi connectivity index (χ0n) is 16.7. The smallest absolute Gasteiger partial charge is 0.255 e. The van der Waals surface area contributed by atoms with Crippen LogP contribution in [0.1, 0.15) is 15.9 Å². The molecule has 0 aliphatic rings. The largest absolute Gasteiger partial charge is 0.497 e. The first-order valence-electron chi connectivity index (χ1n) is 9.46. The molecule has 0 unspecified atom stereocenters. The number of aryl methyl sites for hydroxylation is 1. The van der Waals surface area contributed by atoms with Gasteiger partial charge in [-0.15, -0.1) is 11.3 Å². The minimum absolute atomic E-state index is 0.124. The summed E-state index contributed by atoms with van der Waals surface area (Å²) in [5.41, 5.74) is 5.29. The summed E-state index contributed by atoms with van der Waals surface area (Å²) in [4.78, 5) is 17.0. The van der Waals surface area contributed by atoms with E-state index in [1.165, 1.54) is 11.3 Å². The topological polar surface area (TPSA) is 63.2 Å². The van der Waals surface area contributed by atoms with E-state index in [0.717, 1.165) is 39.1 Å². The van der Waals surface area contributed by atoms with Gasteiger partial charge in [0, 0.05) is 33.9 Å². The number of hydrogen-bond acceptors (Lipinski definition) is 5. The van der Waals surface area contributed by atoms with Gasteiger partial charge in [0.2, 0.25) is 0 Å². The lowest BCUT2D eigenvalue weighted by molar-refractivity contribution is 0.102. The molecule has 1 heterocycles. The maximum atomic E-state index is 12.4. The van der Waals surface area contributed by atoms with Crippen LogP contribution in [0.2, 0.25) is 0 Å². The van der Waals surface area contributed by atoms with Gasteiger partial charge in [-0.2, -0.15) is 0 Å². The Kier molecular flexibility index (Phi) is 5.77. The second kappa shape index (κ2) is 8.80. The molecular weight excluding hydrogens is 394 g/mol. The molecule has 1 aromatic heterocycles. The fourth-order valence-corrected chi connectivity index (χ4v) is 3.66. The van der Waals surface area contributed by atoms with Crippen LogP contribution < -0.4 is 15.4 Å². The molecule has 30 heavy (non-hydrogen) atoms. The van der Waals surface area contributed by atoms with Gasteiger partial charge in [-0.1, -0.05) is 35.9 Å². The summed E-state index contributed by atoms with van der Waals surface area (Å²) in [5.74, 6) is 0.668. The number of hydrogen-bond donors (Lipinski definition) is 2. The van der Waals surface area contributed by atoms with Gasteiger partial charge in [-0.25, -0.2) is 4.98 Å². The molecule has 0 fully saturated rings. The Bertz CT molecular complexity index is 1150. The van der Waals surface area contributed by atoms with Gasteiger partial charge < -0.3 is 15.4 Å². The zero-order valence-corrected chi connectivity index (χ0v) is 17.5. The molecule has 1 amide bonds. The highest BCUT2D eigenvalue weighted by Crippen LogP contribution is 2.29. The van der Waals surface area contributed by atoms with Crippen LogP contribution in [0.4, 0.5) is 16.5 Å². The van der Waals surface area contributed by atoms with E-state index in [1.54, 1.807) is 7.11 Å². The van der Waals surface area contributed by atoms with Crippen LogP contribution >= 0.6 is 11.3 Å². The molecule has 0 atom stereocenters. The maximum Gasteiger partial charge on any atom is 0.255 e. The van der Waals surface area contributed by atoms with Crippen molar-refractivity contribution in [2.45, 2.75) is 6.92 Å². The number of carbonyl (C=O) groups is 1. The fraction of sp³-hybridized carbons (Fsp3) is 0.0833. The summed E-state index contributed by atoms with van der Waals surface area (Å²) in [6.45, 7) is 2.00. The third kappa shape index (κ3) is 4.67. The molecular formula is C24H21N3O2S. The standard InChI is InChI=1S/C24H21N3O2S/c1-16-6-8-18(9-7-16)23(28)25-19-12-10-17(11-13-19)22-15-30-24(27-22)26-20-4-3-5-21(14-20)29-2/h3-15H,1-2H3,(H,25,28)(H,26,27). The Balaban J connectivity index is 1.43. The van der Waals surface area contributed by atoms with Crippen molar-refractivity contribution in [2.75, 3.05) is 17.7 Å². The summed E-state index contributed by atoms with van der Waals surface area (Å²) in [6, 6.07) is 22.9. The van der Waals surface area contributed by atoms with E-state index in [9.17, 15) is 4.79 Å². The second-order valence-electron chi connectivity index (χ2n) is 6.79. The van der Waals surface area contributed by atoms with Gasteiger partial charge in [0.1, 0.15) is 5.75 Å². The summed E-state index contributed by atoms with van der Waals surface area (Å²) in [5, 5.41) is 9.03. The van der Waals surface area contributed by atoms with Gasteiger partial charge in [0.05, 0.1) is 12.8 Å². The van der Waals surface area contributed by atoms with Crippen LogP contribution in [0.3, 0.4) is 0 Å². The SMILES string of the molecule is COc1cccc(Nc2nc(-c3ccc(NC(=O)c4ccc(C)cc4)cc3)cs2)c1. The zero-order chi connectivity index (χ0) is 20.9. The second-order valence-corrected chi connectivity index (χ2v) is 7.65. The maximum absolute atomic E-state index is 12.4. The van der Waals surface area contributed by atoms with E-state index in [0.29, 0.717) is 5.56 Å². The van der Waals surface area contributed by atoms with Gasteiger partial charge in [0.25, 0.3) is 5.91 Å². The molecule has 6 heteroatoms. The van der Waals surface area contributed by atoms with Crippen molar-refractivity contribution >= 4 is 33.8 Å². The molecule has 5 nitrogen and oxygen atoms in total. The molecule has 0 radical (unpaired) electrons. The van der Waals surface area contributed by atoms with Crippen molar-refractivity contribution in [3.05, 3.63) is 89.3 Å². The number of nitrogens with zero attached hydrogens (tertiary/aromatic N) is 1. The average molecular weight is 416 g/mol. The Morgan fingerprint density at radius 2 is 1.73 bits per heavy atom. The van der Waals surface area contributed by atoms with Crippen molar-refractivity contribution in [1.29, 1.82) is 0 Å². The summed E-state index contributed by atoms with van der Waals surface area (Å²) >= 11 is 1.53. The lowest BCUT2D eigenvalue weighted by Crippen LogP contribution is -2.11. The fourth-order valence-electron chi connectivity index (χ4n) is 2.92. The lowest BCUT2D eigenvalue weighted by Gasteiger charge is -2.06. The van der Waals surface area contributed by atoms with Gasteiger partial charge >= 0.3 is 0 Å². The number of methoxy groups -OCH3 is 1. The third-order valence-corrected chi connectivity index (χ3v) is 5.34. The Hall–Kier alpha value is -3.64. The number of amides is 1. The first kappa shape index (κ1) is 19.7. The monoisotopic (exact) mass is 415 g/mol. The van der Waals surface area contributed by atoms with Crippen LogP contribution in [0.15, 0.2) is 78.2 Å². The van der Waals surface area contributed by atoms with Gasteiger partial charge in [0.15, 0.2) is 5.13 Å². The van der Waals surface area contributed by atoms with E-state index in [4.69, 9.17) is 4.74 Å². The summed E-state index contributed by atoms with van der Waals surface area (Å²) < 4.78 is 5.25. The van der Waals surface area contributed by atoms with Gasteiger partial charge in [-0.3, -0.25) is 4.79 Å². The number of ether oxygens (including phenoxy) is 1. The molecule has 0 saturated carbocycles. The molecule has 3 aromatic carbocycles. The first-order valence-corrected chi connectivity index (χ1v) is 10.3. The lowest BCUT2D eigenvalue weighted by atomic mass is 10.1. The number of nitrogens with one attached hydrogen (secondary N) is 2. The predicted molar refractivity (Wildman–Crippen MR) is 123 cm³/mol. The molecule has 0 spiro atoms. The van der Waals surface area contributed by atoms with Crippen LogP contribution in [0, 0.1) is 6.92 Å². The highest BCUT2D eigenvalue weighted by atomic mass is 32.1. The number of anilines is 3. The Labute approximate surface area is 179 Å². The van der Waals surface area contributed by atoms with Crippen molar-refractivity contribution < 1.29 is 9.53 Å². The van der Waals surface area contributed by atoms with Crippen LogP contribution in [0.25, 0.3) is 11.3 Å². The number of benzene rings is 3. The Morgan fingerprint density at radius 3 is 2.47 bits per heavy atom. The molecule has 2 N–H and O–H groups in total. The van der Waals surface area contributed by atoms with Crippen LogP contribution in [-0.4, -0.2) is 18.0 Å². The molecule has 0 aliphatic carbocycles. The highest BCUT2D eigenvalue weighted by Gasteiger charge is 2.08. The Morgan fingerprint density at radius 1 is 0.967 bits per heavy atom. The molecule has 0 saturated heterocycles. The van der Waals surface area contributed by atoms with E-state index in [-0.39, 0.29) is 5.91 Å². The molecule has 150 valence electrons. The van der Waals surface area contributed by atoms with E-state index >= 15 is 0 Å². The number of aromatic nitrogens is 1. The molecule has 0 aliphatic heterocycles. The number of carbonyl (C=O) groups excluding carboxylic acids is 1. The molecule has 4 aromatic rings. The third-order valence-electron chi connectivity index (χ3n) is 4.58. The van der Waals surface area contributed by atoms with Crippen molar-refractivity contribution in [3.8, 4) is 17.0 Å². The minimum atomic E-state index is -0.124. The van der Waals surface area contributed by atoms with Gasteiger partial charge in [-0.05, 0) is 43.3 Å². The summed E-state index contributed by atoms with van der Waals surface area (Å²) in [6.07, 6.45) is 0. The average Bonchev–Trinajstić information content (AvgIpc) is 3.23. The van der Waals surface area contributed by atoms with Crippen molar-refractivity contribution in [2.24, 2.45) is 0 Å². The number of rotatable bonds is 6. The van der Waals surface area contributed by atoms with E-state index in [2.05, 4.69) is 15.6 Å². The molecule has 0 bridgehead atoms. The van der Waals surface area contributed by atoms with E-state index < -0.39 is 0 Å². The number of thiazole rings is 1. The first-order chi connectivity index (χ1) is 14.6. The predicted octanol–water partition coefficient (Wildman–Crippen LogP) is 6.12. The summed E-state index contributed by atoms with van der Waals surface area (Å²) in [7, 11) is 1.65. The van der Waals surface area contributed by atoms with E-state index in [1.807, 2.05) is 85.1 Å². The van der Waals surface area contributed by atoms with Crippen molar-refractivity contribution in [1.82, 2.24) is 4.98 Å². The van der Waals surface area contributed by atoms with Crippen LogP contribution in [0.5, 0.6) is 5.75 Å². The van der Waals surface area contributed by atoms with Crippen LogP contribution in [-0.2, 0) is 0 Å². The molecule has 4 rings (SSSR count). The highest BCUT2D eigenvalue weighted by molar-refractivity contribution is 7.14. The normalized spacial score (nSPS) is 10.5. The quantitative estimate of drug-likeness (QED) is 0.398.